The molecule has 8 heteroatoms. The number of carbonyl (C=O) groups excluding carboxylic acids is 1. The number of rotatable bonds is 4. The van der Waals surface area contributed by atoms with Crippen LogP contribution in [-0.2, 0) is 4.79 Å². The van der Waals surface area contributed by atoms with E-state index >= 15 is 0 Å². The van der Waals surface area contributed by atoms with Crippen LogP contribution < -0.4 is 9.64 Å². The summed E-state index contributed by atoms with van der Waals surface area (Å²) in [7, 11) is 0. The highest BCUT2D eigenvalue weighted by Gasteiger charge is 2.23. The van der Waals surface area contributed by atoms with Crippen molar-refractivity contribution < 1.29 is 9.53 Å². The third-order valence-electron chi connectivity index (χ3n) is 5.02. The zero-order chi connectivity index (χ0) is 19.7. The van der Waals surface area contributed by atoms with Gasteiger partial charge in [0, 0.05) is 37.9 Å². The van der Waals surface area contributed by atoms with Gasteiger partial charge in [0.05, 0.1) is 0 Å². The second-order valence-corrected chi connectivity index (χ2v) is 7.11. The Kier molecular flexibility index (Phi) is 4.85. The fraction of sp³-hybridized carbons (Fsp3) is 0.400. The minimum Gasteiger partial charge on any atom is -0.484 e. The van der Waals surface area contributed by atoms with Crippen molar-refractivity contribution in [1.82, 2.24) is 24.5 Å². The normalized spacial score (nSPS) is 14.5. The highest BCUT2D eigenvalue weighted by atomic mass is 16.5. The van der Waals surface area contributed by atoms with E-state index in [1.54, 1.807) is 0 Å². The van der Waals surface area contributed by atoms with Gasteiger partial charge in [0.1, 0.15) is 17.4 Å². The molecule has 1 aliphatic rings. The third kappa shape index (κ3) is 3.62. The Hall–Kier alpha value is -3.16. The van der Waals surface area contributed by atoms with Gasteiger partial charge in [-0.3, -0.25) is 9.20 Å². The van der Waals surface area contributed by atoms with Crippen LogP contribution in [0, 0.1) is 20.8 Å². The summed E-state index contributed by atoms with van der Waals surface area (Å²) in [5, 5.41) is 8.23. The zero-order valence-corrected chi connectivity index (χ0v) is 16.4. The highest BCUT2D eigenvalue weighted by molar-refractivity contribution is 5.78. The van der Waals surface area contributed by atoms with Gasteiger partial charge in [0.15, 0.2) is 6.61 Å². The molecule has 0 spiro atoms. The summed E-state index contributed by atoms with van der Waals surface area (Å²) >= 11 is 0. The molecule has 1 aromatic carbocycles. The fourth-order valence-corrected chi connectivity index (χ4v) is 3.51. The van der Waals surface area contributed by atoms with Crippen LogP contribution in [0.15, 0.2) is 30.3 Å². The minimum atomic E-state index is 0.00818. The van der Waals surface area contributed by atoms with E-state index in [4.69, 9.17) is 4.74 Å². The lowest BCUT2D eigenvalue weighted by Gasteiger charge is -2.35. The molecule has 146 valence electrons. The first-order valence-electron chi connectivity index (χ1n) is 9.43. The maximum absolute atomic E-state index is 12.5. The predicted molar refractivity (Wildman–Crippen MR) is 106 cm³/mol. The van der Waals surface area contributed by atoms with E-state index < -0.39 is 0 Å². The largest absolute Gasteiger partial charge is 0.484 e. The summed E-state index contributed by atoms with van der Waals surface area (Å²) in [6.07, 6.45) is 0. The molecule has 0 radical (unpaired) electrons. The van der Waals surface area contributed by atoms with Gasteiger partial charge in [0.2, 0.25) is 0 Å². The third-order valence-corrected chi connectivity index (χ3v) is 5.02. The molecule has 1 fully saturated rings. The van der Waals surface area contributed by atoms with E-state index in [0.29, 0.717) is 18.9 Å². The van der Waals surface area contributed by atoms with Crippen molar-refractivity contribution in [2.75, 3.05) is 37.7 Å². The molecule has 0 aliphatic carbocycles. The molecule has 4 rings (SSSR count). The van der Waals surface area contributed by atoms with Crippen LogP contribution in [0.2, 0.25) is 0 Å². The Balaban J connectivity index is 1.36. The van der Waals surface area contributed by atoms with Gasteiger partial charge in [0.25, 0.3) is 11.7 Å². The lowest BCUT2D eigenvalue weighted by Crippen LogP contribution is -2.50. The van der Waals surface area contributed by atoms with Crippen molar-refractivity contribution in [2.24, 2.45) is 0 Å². The van der Waals surface area contributed by atoms with E-state index in [0.717, 1.165) is 41.7 Å². The van der Waals surface area contributed by atoms with Crippen molar-refractivity contribution in [3.8, 4) is 5.75 Å². The maximum Gasteiger partial charge on any atom is 0.260 e. The topological polar surface area (TPSA) is 75.9 Å². The summed E-state index contributed by atoms with van der Waals surface area (Å²) in [4.78, 5) is 21.1. The molecule has 1 aliphatic heterocycles. The van der Waals surface area contributed by atoms with Crippen molar-refractivity contribution in [3.05, 3.63) is 47.4 Å². The lowest BCUT2D eigenvalue weighted by atomic mass is 10.2. The minimum absolute atomic E-state index is 0.00818. The van der Waals surface area contributed by atoms with E-state index in [-0.39, 0.29) is 12.5 Å². The number of hydrogen-bond donors (Lipinski definition) is 0. The second-order valence-electron chi connectivity index (χ2n) is 7.11. The summed E-state index contributed by atoms with van der Waals surface area (Å²) in [6, 6.07) is 9.77. The molecular weight excluding hydrogens is 356 g/mol. The van der Waals surface area contributed by atoms with Gasteiger partial charge in [-0.1, -0.05) is 12.1 Å². The van der Waals surface area contributed by atoms with Gasteiger partial charge in [-0.25, -0.2) is 0 Å². The number of anilines is 1. The van der Waals surface area contributed by atoms with Crippen molar-refractivity contribution >= 4 is 17.5 Å². The molecule has 1 amide bonds. The summed E-state index contributed by atoms with van der Waals surface area (Å²) in [6.45, 7) is 8.75. The molecule has 3 heterocycles. The van der Waals surface area contributed by atoms with Crippen LogP contribution >= 0.6 is 0 Å². The Morgan fingerprint density at radius 1 is 1.07 bits per heavy atom. The molecule has 2 aromatic heterocycles. The molecule has 8 nitrogen and oxygen atoms in total. The number of ether oxygens (including phenoxy) is 1. The number of amides is 1. The van der Waals surface area contributed by atoms with E-state index in [2.05, 4.69) is 20.1 Å². The molecule has 0 unspecified atom stereocenters. The average molecular weight is 380 g/mol. The van der Waals surface area contributed by atoms with Crippen LogP contribution in [0.1, 0.15) is 17.1 Å². The molecule has 3 aromatic rings. The van der Waals surface area contributed by atoms with Crippen LogP contribution in [0.25, 0.3) is 5.78 Å². The van der Waals surface area contributed by atoms with Crippen LogP contribution in [0.5, 0.6) is 5.75 Å². The predicted octanol–water partition coefficient (Wildman–Crippen LogP) is 1.78. The molecule has 0 atom stereocenters. The molecule has 0 N–H and O–H groups in total. The van der Waals surface area contributed by atoms with Crippen molar-refractivity contribution in [1.29, 1.82) is 0 Å². The summed E-state index contributed by atoms with van der Waals surface area (Å²) in [5.41, 5.74) is 2.16. The Labute approximate surface area is 163 Å². The number of nitrogens with zero attached hydrogens (tertiary/aromatic N) is 6. The summed E-state index contributed by atoms with van der Waals surface area (Å²) < 4.78 is 7.58. The first-order chi connectivity index (χ1) is 13.5. The van der Waals surface area contributed by atoms with Crippen LogP contribution in [-0.4, -0.2) is 63.2 Å². The Morgan fingerprint density at radius 2 is 1.86 bits per heavy atom. The zero-order valence-electron chi connectivity index (χ0n) is 16.4. The molecule has 0 bridgehead atoms. The molecule has 1 saturated heterocycles. The van der Waals surface area contributed by atoms with Crippen molar-refractivity contribution in [2.45, 2.75) is 20.8 Å². The Morgan fingerprint density at radius 3 is 2.61 bits per heavy atom. The molecular formula is C20H24N6O2. The number of piperazine rings is 1. The van der Waals surface area contributed by atoms with E-state index in [9.17, 15) is 4.79 Å². The second kappa shape index (κ2) is 7.46. The maximum atomic E-state index is 12.5. The quantitative estimate of drug-likeness (QED) is 0.687. The summed E-state index contributed by atoms with van der Waals surface area (Å²) in [5.74, 6) is 3.05. The van der Waals surface area contributed by atoms with Gasteiger partial charge in [-0.05, 0) is 38.5 Å². The van der Waals surface area contributed by atoms with Gasteiger partial charge >= 0.3 is 0 Å². The van der Waals surface area contributed by atoms with Crippen LogP contribution in [0.3, 0.4) is 0 Å². The number of fused-ring (bicyclic) bond motifs is 1. The number of benzene rings is 1. The number of aromatic nitrogens is 4. The molecule has 0 saturated carbocycles. The van der Waals surface area contributed by atoms with Gasteiger partial charge in [-0.15, -0.1) is 10.2 Å². The number of carbonyl (C=O) groups is 1. The first-order valence-corrected chi connectivity index (χ1v) is 9.43. The highest BCUT2D eigenvalue weighted by Crippen LogP contribution is 2.18. The Bertz CT molecular complexity index is 1010. The average Bonchev–Trinajstić information content (AvgIpc) is 3.07. The van der Waals surface area contributed by atoms with Gasteiger partial charge < -0.3 is 14.5 Å². The first kappa shape index (κ1) is 18.2. The monoisotopic (exact) mass is 380 g/mol. The number of aryl methyl sites for hydroxylation is 3. The SMILES string of the molecule is Cc1cccc(OCC(=O)N2CCN(c3cc(C)n4c(C)nnc4n3)CC2)c1. The van der Waals surface area contributed by atoms with Crippen LogP contribution in [0.4, 0.5) is 5.82 Å². The van der Waals surface area contributed by atoms with Gasteiger partial charge in [-0.2, -0.15) is 4.98 Å². The van der Waals surface area contributed by atoms with E-state index in [1.165, 1.54) is 0 Å². The fourth-order valence-electron chi connectivity index (χ4n) is 3.51. The standard InChI is InChI=1S/C20H24N6O2/c1-14-5-4-6-17(11-14)28-13-19(27)25-9-7-24(8-10-25)18-12-15(2)26-16(3)22-23-20(26)21-18/h4-6,11-12H,7-10,13H2,1-3H3. The van der Waals surface area contributed by atoms with Crippen molar-refractivity contribution in [3.63, 3.8) is 0 Å². The van der Waals surface area contributed by atoms with E-state index in [1.807, 2.05) is 60.4 Å². The number of hydrogen-bond acceptors (Lipinski definition) is 6. The lowest BCUT2D eigenvalue weighted by molar-refractivity contribution is -0.133. The molecule has 28 heavy (non-hydrogen) atoms. The smallest absolute Gasteiger partial charge is 0.260 e.